The fraction of sp³-hybridized carbons (Fsp3) is 0.0667. The van der Waals surface area contributed by atoms with Crippen LogP contribution in [0.1, 0.15) is 0 Å². The zero-order valence-corrected chi connectivity index (χ0v) is 11.7. The third-order valence-corrected chi connectivity index (χ3v) is 3.44. The average Bonchev–Trinajstić information content (AvgIpc) is 2.92. The van der Waals surface area contributed by atoms with E-state index in [4.69, 9.17) is 14.1 Å². The smallest absolute Gasteiger partial charge is 0.146 e. The molecule has 0 aliphatic heterocycles. The Bertz CT molecular complexity index is 697. The largest absolute Gasteiger partial charge is 0.494 e. The molecule has 1 aromatic heterocycles. The molecule has 1 heterocycles. The molecule has 0 saturated heterocycles. The summed E-state index contributed by atoms with van der Waals surface area (Å²) in [6, 6.07) is 17.5. The molecule has 0 N–H and O–H groups in total. The predicted molar refractivity (Wildman–Crippen MR) is 78.5 cm³/mol. The van der Waals surface area contributed by atoms with Gasteiger partial charge in [-0.15, -0.1) is 4.73 Å². The highest BCUT2D eigenvalue weighted by Crippen LogP contribution is 2.26. The summed E-state index contributed by atoms with van der Waals surface area (Å²) < 4.78 is 12.1. The molecule has 102 valence electrons. The highest BCUT2D eigenvalue weighted by Gasteiger charge is 2.08. The first-order valence-electron chi connectivity index (χ1n) is 6.09. The molecule has 5 heteroatoms. The summed E-state index contributed by atoms with van der Waals surface area (Å²) >= 11 is 1.16. The molecule has 0 aliphatic carbocycles. The molecular formula is C15H13NO3S. The lowest BCUT2D eigenvalue weighted by Crippen LogP contribution is -2.07. The van der Waals surface area contributed by atoms with Crippen LogP contribution in [0.15, 0.2) is 65.7 Å². The van der Waals surface area contributed by atoms with E-state index in [2.05, 4.69) is 0 Å². The van der Waals surface area contributed by atoms with Crippen molar-refractivity contribution in [2.24, 2.45) is 0 Å². The zero-order chi connectivity index (χ0) is 13.8. The number of fused-ring (bicyclic) bond motifs is 1. The summed E-state index contributed by atoms with van der Waals surface area (Å²) in [7, 11) is 1.63. The molecule has 0 fully saturated rings. The normalized spacial score (nSPS) is 10.7. The lowest BCUT2D eigenvalue weighted by molar-refractivity contribution is -0.188. The Morgan fingerprint density at radius 2 is 1.80 bits per heavy atom. The predicted octanol–water partition coefficient (Wildman–Crippen LogP) is 3.72. The first-order valence-corrected chi connectivity index (χ1v) is 6.83. The Morgan fingerprint density at radius 3 is 2.60 bits per heavy atom. The van der Waals surface area contributed by atoms with Gasteiger partial charge in [-0.05, 0) is 24.3 Å². The van der Waals surface area contributed by atoms with Crippen LogP contribution >= 0.6 is 12.0 Å². The van der Waals surface area contributed by atoms with Gasteiger partial charge in [-0.2, -0.15) is 0 Å². The van der Waals surface area contributed by atoms with E-state index in [0.717, 1.165) is 33.6 Å². The number of rotatable bonds is 5. The third kappa shape index (κ3) is 2.59. The summed E-state index contributed by atoms with van der Waals surface area (Å²) in [4.78, 5) is 6.27. The van der Waals surface area contributed by atoms with Crippen molar-refractivity contribution in [2.75, 3.05) is 7.11 Å². The highest BCUT2D eigenvalue weighted by atomic mass is 32.2. The van der Waals surface area contributed by atoms with Gasteiger partial charge in [-0.3, -0.25) is 0 Å². The topological polar surface area (TPSA) is 32.6 Å². The molecule has 0 aliphatic rings. The van der Waals surface area contributed by atoms with E-state index >= 15 is 0 Å². The minimum absolute atomic E-state index is 0.737. The minimum Gasteiger partial charge on any atom is -0.494 e. The highest BCUT2D eigenvalue weighted by molar-refractivity contribution is 7.94. The van der Waals surface area contributed by atoms with Gasteiger partial charge >= 0.3 is 0 Å². The van der Waals surface area contributed by atoms with Crippen molar-refractivity contribution in [2.45, 2.75) is 4.90 Å². The zero-order valence-electron chi connectivity index (χ0n) is 10.9. The number of para-hydroxylation sites is 1. The number of benzene rings is 2. The number of methoxy groups -OCH3 is 1. The van der Waals surface area contributed by atoms with Crippen molar-refractivity contribution in [3.05, 3.63) is 60.8 Å². The number of hydrogen-bond donors (Lipinski definition) is 0. The van der Waals surface area contributed by atoms with E-state index in [9.17, 15) is 0 Å². The van der Waals surface area contributed by atoms with Crippen LogP contribution < -0.4 is 9.73 Å². The SMILES string of the molecule is COc1cccc2ccn(OOSc3ccccc3)c12. The van der Waals surface area contributed by atoms with Crippen LogP contribution in [0.3, 0.4) is 0 Å². The van der Waals surface area contributed by atoms with E-state index in [1.165, 1.54) is 0 Å². The summed E-state index contributed by atoms with van der Waals surface area (Å²) in [6.07, 6.45) is 1.79. The Hall–Kier alpha value is -2.11. The van der Waals surface area contributed by atoms with Crippen molar-refractivity contribution >= 4 is 22.9 Å². The second kappa shape index (κ2) is 5.90. The van der Waals surface area contributed by atoms with Gasteiger partial charge in [0.25, 0.3) is 0 Å². The van der Waals surface area contributed by atoms with Crippen LogP contribution in [0.25, 0.3) is 10.9 Å². The summed E-state index contributed by atoms with van der Waals surface area (Å²) in [5, 5.41) is 1.03. The molecule has 3 aromatic rings. The lowest BCUT2D eigenvalue weighted by Gasteiger charge is -2.07. The van der Waals surface area contributed by atoms with Crippen molar-refractivity contribution < 1.29 is 14.1 Å². The first kappa shape index (κ1) is 12.9. The maximum absolute atomic E-state index is 5.33. The van der Waals surface area contributed by atoms with Crippen molar-refractivity contribution in [3.63, 3.8) is 0 Å². The Labute approximate surface area is 121 Å². The number of nitrogens with zero attached hydrogens (tertiary/aromatic N) is 1. The molecule has 0 spiro atoms. The Kier molecular flexibility index (Phi) is 3.80. The molecule has 20 heavy (non-hydrogen) atoms. The molecule has 0 unspecified atom stereocenters. The maximum atomic E-state index is 5.33. The number of aromatic nitrogens is 1. The van der Waals surface area contributed by atoms with Crippen molar-refractivity contribution in [1.82, 2.24) is 4.73 Å². The van der Waals surface area contributed by atoms with Crippen LogP contribution in [0.4, 0.5) is 0 Å². The molecule has 0 amide bonds. The summed E-state index contributed by atoms with van der Waals surface area (Å²) in [6.45, 7) is 0. The lowest BCUT2D eigenvalue weighted by atomic mass is 10.2. The van der Waals surface area contributed by atoms with E-state index in [-0.39, 0.29) is 0 Å². The molecule has 0 bridgehead atoms. The van der Waals surface area contributed by atoms with Gasteiger partial charge in [0.05, 0.1) is 19.2 Å². The third-order valence-electron chi connectivity index (χ3n) is 2.84. The molecule has 4 nitrogen and oxygen atoms in total. The quantitative estimate of drug-likeness (QED) is 0.407. The molecule has 0 radical (unpaired) electrons. The van der Waals surface area contributed by atoms with Crippen LogP contribution in [0, 0.1) is 0 Å². The van der Waals surface area contributed by atoms with Crippen LogP contribution in [0.5, 0.6) is 5.75 Å². The van der Waals surface area contributed by atoms with Gasteiger partial charge in [0.1, 0.15) is 11.3 Å². The van der Waals surface area contributed by atoms with Crippen LogP contribution in [0.2, 0.25) is 0 Å². The van der Waals surface area contributed by atoms with Crippen LogP contribution in [-0.2, 0) is 4.33 Å². The van der Waals surface area contributed by atoms with E-state index in [1.54, 1.807) is 18.0 Å². The summed E-state index contributed by atoms with van der Waals surface area (Å²) in [5.41, 5.74) is 0.837. The fourth-order valence-corrected chi connectivity index (χ4v) is 2.37. The monoisotopic (exact) mass is 287 g/mol. The second-order valence-electron chi connectivity index (χ2n) is 4.08. The Morgan fingerprint density at radius 1 is 0.950 bits per heavy atom. The Balaban J connectivity index is 1.75. The van der Waals surface area contributed by atoms with Gasteiger partial charge < -0.3 is 4.74 Å². The van der Waals surface area contributed by atoms with Crippen molar-refractivity contribution in [1.29, 1.82) is 0 Å². The molecular weight excluding hydrogens is 274 g/mol. The molecule has 3 rings (SSSR count). The minimum atomic E-state index is 0.737. The fourth-order valence-electron chi connectivity index (χ4n) is 1.92. The van der Waals surface area contributed by atoms with Gasteiger partial charge in [0.15, 0.2) is 0 Å². The van der Waals surface area contributed by atoms with E-state index in [0.29, 0.717) is 0 Å². The van der Waals surface area contributed by atoms with Crippen LogP contribution in [-0.4, -0.2) is 11.8 Å². The number of ether oxygens (including phenoxy) is 1. The standard InChI is InChI=1S/C15H13NO3S/c1-17-14-9-5-6-12-10-11-16(15(12)14)18-19-20-13-7-3-2-4-8-13/h2-11H,1H3. The molecule has 0 saturated carbocycles. The van der Waals surface area contributed by atoms with Crippen molar-refractivity contribution in [3.8, 4) is 5.75 Å². The second-order valence-corrected chi connectivity index (χ2v) is 4.85. The van der Waals surface area contributed by atoms with Gasteiger partial charge in [-0.25, -0.2) is 4.99 Å². The molecule has 0 atom stereocenters. The number of hydrogen-bond acceptors (Lipinski definition) is 4. The van der Waals surface area contributed by atoms with E-state index in [1.807, 2.05) is 54.6 Å². The average molecular weight is 287 g/mol. The van der Waals surface area contributed by atoms with Gasteiger partial charge in [-0.1, -0.05) is 34.7 Å². The maximum Gasteiger partial charge on any atom is 0.146 e. The van der Waals surface area contributed by atoms with Gasteiger partial charge in [0.2, 0.25) is 0 Å². The first-order chi connectivity index (χ1) is 9.88. The summed E-state index contributed by atoms with van der Waals surface area (Å²) in [5.74, 6) is 0.737. The van der Waals surface area contributed by atoms with Gasteiger partial charge in [0, 0.05) is 16.5 Å². The molecule has 2 aromatic carbocycles. The van der Waals surface area contributed by atoms with E-state index < -0.39 is 0 Å².